The summed E-state index contributed by atoms with van der Waals surface area (Å²) in [6, 6.07) is 8.13. The summed E-state index contributed by atoms with van der Waals surface area (Å²) in [6.45, 7) is -0.350. The normalized spacial score (nSPS) is 15.5. The summed E-state index contributed by atoms with van der Waals surface area (Å²) in [5.74, 6) is 0.251. The molecular formula is C22H22ClFN4O3. The molecule has 2 atom stereocenters. The molecule has 0 spiro atoms. The van der Waals surface area contributed by atoms with E-state index in [0.29, 0.717) is 28.7 Å². The van der Waals surface area contributed by atoms with E-state index in [4.69, 9.17) is 11.6 Å². The first kappa shape index (κ1) is 21.4. The number of aliphatic hydroxyl groups is 2. The summed E-state index contributed by atoms with van der Waals surface area (Å²) >= 11 is 5.85. The van der Waals surface area contributed by atoms with E-state index in [0.717, 1.165) is 12.8 Å². The van der Waals surface area contributed by atoms with Crippen molar-refractivity contribution >= 4 is 17.5 Å². The van der Waals surface area contributed by atoms with Gasteiger partial charge in [-0.3, -0.25) is 4.79 Å². The van der Waals surface area contributed by atoms with Crippen LogP contribution in [0.2, 0.25) is 5.02 Å². The highest BCUT2D eigenvalue weighted by Crippen LogP contribution is 2.33. The number of aromatic nitrogens is 3. The Balaban J connectivity index is 1.60. The summed E-state index contributed by atoms with van der Waals surface area (Å²) in [5.41, 5.74) is 1.32. The van der Waals surface area contributed by atoms with Gasteiger partial charge in [-0.2, -0.15) is 0 Å². The topological polar surface area (TPSA) is 100 Å². The number of rotatable bonds is 8. The van der Waals surface area contributed by atoms with Crippen LogP contribution < -0.4 is 10.9 Å². The predicted octanol–water partition coefficient (Wildman–Crippen LogP) is 2.86. The van der Waals surface area contributed by atoms with Crippen LogP contribution in [0.4, 0.5) is 10.3 Å². The smallest absolute Gasteiger partial charge is 0.251 e. The molecule has 0 aliphatic heterocycles. The van der Waals surface area contributed by atoms with Gasteiger partial charge >= 0.3 is 0 Å². The molecule has 0 amide bonds. The molecule has 2 aromatic heterocycles. The van der Waals surface area contributed by atoms with Gasteiger partial charge in [0.25, 0.3) is 5.56 Å². The Morgan fingerprint density at radius 3 is 2.65 bits per heavy atom. The number of anilines is 1. The van der Waals surface area contributed by atoms with Crippen molar-refractivity contribution in [1.29, 1.82) is 0 Å². The Kier molecular flexibility index (Phi) is 6.31. The van der Waals surface area contributed by atoms with Crippen molar-refractivity contribution in [3.63, 3.8) is 0 Å². The number of nitrogens with zero attached hydrogens (tertiary/aromatic N) is 3. The molecule has 1 fully saturated rings. The third-order valence-corrected chi connectivity index (χ3v) is 5.73. The maximum Gasteiger partial charge on any atom is 0.251 e. The van der Waals surface area contributed by atoms with Crippen molar-refractivity contribution in [2.45, 2.75) is 24.9 Å². The van der Waals surface area contributed by atoms with Crippen LogP contribution in [0.25, 0.3) is 11.3 Å². The van der Waals surface area contributed by atoms with Crippen molar-refractivity contribution in [1.82, 2.24) is 14.5 Å². The number of nitrogens with one attached hydrogen (secondary N) is 1. The molecule has 0 bridgehead atoms. The largest absolute Gasteiger partial charge is 0.394 e. The number of aliphatic hydroxyl groups excluding tert-OH is 2. The van der Waals surface area contributed by atoms with E-state index >= 15 is 0 Å². The van der Waals surface area contributed by atoms with Crippen LogP contribution in [0.15, 0.2) is 53.6 Å². The van der Waals surface area contributed by atoms with Crippen LogP contribution in [-0.4, -0.2) is 44.0 Å². The fourth-order valence-electron chi connectivity index (χ4n) is 3.55. The SMILES string of the molecule is O=c1cc(-c2ccnc(NC(CO)C3CC3)n2)ccn1C(CO)c1ccc(F)c(Cl)c1. The number of pyridine rings is 1. The van der Waals surface area contributed by atoms with Crippen LogP contribution in [0.5, 0.6) is 0 Å². The van der Waals surface area contributed by atoms with Gasteiger partial charge in [-0.15, -0.1) is 0 Å². The number of hydrogen-bond acceptors (Lipinski definition) is 6. The Hall–Kier alpha value is -2.81. The molecule has 0 radical (unpaired) electrons. The first-order valence-electron chi connectivity index (χ1n) is 9.99. The second-order valence-corrected chi connectivity index (χ2v) is 7.98. The molecule has 1 aliphatic rings. The van der Waals surface area contributed by atoms with Gasteiger partial charge in [-0.25, -0.2) is 14.4 Å². The molecule has 31 heavy (non-hydrogen) atoms. The lowest BCUT2D eigenvalue weighted by Gasteiger charge is -2.19. The minimum absolute atomic E-state index is 0.00422. The molecule has 162 valence electrons. The van der Waals surface area contributed by atoms with E-state index in [1.165, 1.54) is 28.8 Å². The fourth-order valence-corrected chi connectivity index (χ4v) is 3.74. The van der Waals surface area contributed by atoms with Crippen molar-refractivity contribution in [3.8, 4) is 11.3 Å². The van der Waals surface area contributed by atoms with E-state index in [9.17, 15) is 19.4 Å². The summed E-state index contributed by atoms with van der Waals surface area (Å²) in [4.78, 5) is 21.5. The molecule has 2 heterocycles. The van der Waals surface area contributed by atoms with Gasteiger partial charge in [0.05, 0.1) is 36.0 Å². The van der Waals surface area contributed by atoms with E-state index in [1.807, 2.05) is 0 Å². The molecule has 1 saturated carbocycles. The van der Waals surface area contributed by atoms with Gasteiger partial charge in [0, 0.05) is 24.0 Å². The molecule has 9 heteroatoms. The standard InChI is InChI=1S/C22H22ClFN4O3/c23-16-9-15(3-4-17(16)24)20(12-30)28-8-6-14(10-21(28)31)18-5-7-25-22(26-18)27-19(11-29)13-1-2-13/h3-10,13,19-20,29-30H,1-2,11-12H2,(H,25,26,27). The molecule has 1 aromatic carbocycles. The van der Waals surface area contributed by atoms with Crippen LogP contribution >= 0.6 is 11.6 Å². The zero-order chi connectivity index (χ0) is 22.0. The van der Waals surface area contributed by atoms with Crippen molar-refractivity contribution in [2.75, 3.05) is 18.5 Å². The van der Waals surface area contributed by atoms with E-state index in [-0.39, 0.29) is 29.8 Å². The quantitative estimate of drug-likeness (QED) is 0.494. The van der Waals surface area contributed by atoms with E-state index < -0.39 is 11.9 Å². The Labute approximate surface area is 183 Å². The second-order valence-electron chi connectivity index (χ2n) is 7.57. The van der Waals surface area contributed by atoms with Gasteiger partial charge in [0.2, 0.25) is 5.95 Å². The van der Waals surface area contributed by atoms with Crippen LogP contribution in [0, 0.1) is 11.7 Å². The van der Waals surface area contributed by atoms with Crippen molar-refractivity contribution in [3.05, 3.63) is 75.5 Å². The monoisotopic (exact) mass is 444 g/mol. The van der Waals surface area contributed by atoms with E-state index in [2.05, 4.69) is 15.3 Å². The first-order valence-corrected chi connectivity index (χ1v) is 10.4. The first-order chi connectivity index (χ1) is 15.0. The zero-order valence-corrected chi connectivity index (χ0v) is 17.3. The van der Waals surface area contributed by atoms with Crippen LogP contribution in [0.1, 0.15) is 24.4 Å². The Morgan fingerprint density at radius 1 is 1.19 bits per heavy atom. The summed E-state index contributed by atoms with van der Waals surface area (Å²) in [7, 11) is 0. The lowest BCUT2D eigenvalue weighted by atomic mass is 10.1. The predicted molar refractivity (Wildman–Crippen MR) is 116 cm³/mol. The molecule has 7 nitrogen and oxygen atoms in total. The van der Waals surface area contributed by atoms with Gasteiger partial charge in [-0.05, 0) is 48.6 Å². The fraction of sp³-hybridized carbons (Fsp3) is 0.318. The van der Waals surface area contributed by atoms with Gasteiger partial charge in [0.1, 0.15) is 5.82 Å². The Morgan fingerprint density at radius 2 is 2.00 bits per heavy atom. The molecule has 4 rings (SSSR count). The number of benzene rings is 1. The summed E-state index contributed by atoms with van der Waals surface area (Å²) in [6.07, 6.45) is 5.29. The number of halogens is 2. The second kappa shape index (κ2) is 9.13. The van der Waals surface area contributed by atoms with Crippen molar-refractivity contribution < 1.29 is 14.6 Å². The Bertz CT molecular complexity index is 1140. The molecule has 0 saturated heterocycles. The minimum Gasteiger partial charge on any atom is -0.394 e. The molecule has 3 aromatic rings. The summed E-state index contributed by atoms with van der Waals surface area (Å²) < 4.78 is 14.8. The zero-order valence-electron chi connectivity index (χ0n) is 16.6. The highest BCUT2D eigenvalue weighted by Gasteiger charge is 2.31. The highest BCUT2D eigenvalue weighted by molar-refractivity contribution is 6.30. The highest BCUT2D eigenvalue weighted by atomic mass is 35.5. The van der Waals surface area contributed by atoms with Crippen LogP contribution in [0.3, 0.4) is 0 Å². The lowest BCUT2D eigenvalue weighted by molar-refractivity contribution is 0.247. The third kappa shape index (κ3) is 4.76. The third-order valence-electron chi connectivity index (χ3n) is 5.44. The lowest BCUT2D eigenvalue weighted by Crippen LogP contribution is -2.27. The minimum atomic E-state index is -0.703. The average molecular weight is 445 g/mol. The number of hydrogen-bond donors (Lipinski definition) is 3. The van der Waals surface area contributed by atoms with Crippen molar-refractivity contribution in [2.24, 2.45) is 5.92 Å². The molecule has 3 N–H and O–H groups in total. The summed E-state index contributed by atoms with van der Waals surface area (Å²) in [5, 5.41) is 22.5. The molecule has 1 aliphatic carbocycles. The molecular weight excluding hydrogens is 423 g/mol. The van der Waals surface area contributed by atoms with Gasteiger partial charge < -0.3 is 20.1 Å². The maximum absolute atomic E-state index is 13.5. The average Bonchev–Trinajstić information content (AvgIpc) is 3.61. The molecule has 2 unspecified atom stereocenters. The van der Waals surface area contributed by atoms with Crippen LogP contribution in [-0.2, 0) is 0 Å². The van der Waals surface area contributed by atoms with Gasteiger partial charge in [0.15, 0.2) is 0 Å². The maximum atomic E-state index is 13.5. The van der Waals surface area contributed by atoms with E-state index in [1.54, 1.807) is 24.5 Å². The van der Waals surface area contributed by atoms with Gasteiger partial charge in [-0.1, -0.05) is 17.7 Å².